The number of carbonyl (C=O) groups excluding carboxylic acids is 1. The number of aliphatic hydroxyl groups excluding tert-OH is 1. The molecular formula is C18H21BrFNO2. The van der Waals surface area contributed by atoms with Crippen LogP contribution in [0.2, 0.25) is 0 Å². The molecular weight excluding hydrogens is 361 g/mol. The summed E-state index contributed by atoms with van der Waals surface area (Å²) < 4.78 is 14.8. The third-order valence-corrected chi connectivity index (χ3v) is 6.56. The van der Waals surface area contributed by atoms with Crippen LogP contribution in [0, 0.1) is 35.4 Å². The largest absolute Gasteiger partial charge is 0.395 e. The molecule has 0 saturated heterocycles. The van der Waals surface area contributed by atoms with E-state index in [-0.39, 0.29) is 37.3 Å². The average Bonchev–Trinajstić information content (AvgIpc) is 2.96. The number of rotatable bonds is 5. The molecule has 3 saturated carbocycles. The molecule has 1 amide bonds. The van der Waals surface area contributed by atoms with Gasteiger partial charge in [0.25, 0.3) is 0 Å². The quantitative estimate of drug-likeness (QED) is 0.850. The van der Waals surface area contributed by atoms with Crippen LogP contribution < -0.4 is 0 Å². The van der Waals surface area contributed by atoms with Gasteiger partial charge in [-0.05, 0) is 61.1 Å². The van der Waals surface area contributed by atoms with Crippen molar-refractivity contribution in [1.29, 1.82) is 0 Å². The maximum absolute atomic E-state index is 14.0. The van der Waals surface area contributed by atoms with E-state index in [1.54, 1.807) is 17.0 Å². The number of carbonyl (C=O) groups is 1. The Kier molecular flexibility index (Phi) is 3.96. The first kappa shape index (κ1) is 15.6. The van der Waals surface area contributed by atoms with Crippen LogP contribution in [-0.4, -0.2) is 29.1 Å². The zero-order chi connectivity index (χ0) is 16.1. The van der Waals surface area contributed by atoms with Gasteiger partial charge < -0.3 is 10.0 Å². The smallest absolute Gasteiger partial charge is 0.226 e. The summed E-state index contributed by atoms with van der Waals surface area (Å²) in [7, 11) is 0. The summed E-state index contributed by atoms with van der Waals surface area (Å²) in [6.45, 7) is 0.419. The molecule has 0 aliphatic heterocycles. The SMILES string of the molecule is O=C(C1[C@H]2[C@H]3CC[C@@H](C3)[C@H]12)N(CCO)Cc1cc(Br)ccc1F. The number of fused-ring (bicyclic) bond motifs is 5. The van der Waals surface area contributed by atoms with Gasteiger partial charge in [-0.3, -0.25) is 4.79 Å². The fourth-order valence-electron chi connectivity index (χ4n) is 5.12. The first-order chi connectivity index (χ1) is 11.1. The molecule has 0 spiro atoms. The molecule has 2 bridgehead atoms. The van der Waals surface area contributed by atoms with Crippen molar-refractivity contribution in [3.8, 4) is 0 Å². The maximum Gasteiger partial charge on any atom is 0.226 e. The molecule has 23 heavy (non-hydrogen) atoms. The van der Waals surface area contributed by atoms with Crippen molar-refractivity contribution >= 4 is 21.8 Å². The molecule has 1 aromatic carbocycles. The van der Waals surface area contributed by atoms with Gasteiger partial charge in [0.2, 0.25) is 5.91 Å². The fraction of sp³-hybridized carbons (Fsp3) is 0.611. The van der Waals surface area contributed by atoms with E-state index < -0.39 is 0 Å². The van der Waals surface area contributed by atoms with Crippen LogP contribution in [0.15, 0.2) is 22.7 Å². The monoisotopic (exact) mass is 381 g/mol. The van der Waals surface area contributed by atoms with Crippen LogP contribution in [-0.2, 0) is 11.3 Å². The third-order valence-electron chi connectivity index (χ3n) is 6.07. The number of benzene rings is 1. The van der Waals surface area contributed by atoms with Crippen molar-refractivity contribution in [2.75, 3.05) is 13.2 Å². The van der Waals surface area contributed by atoms with Crippen LogP contribution >= 0.6 is 15.9 Å². The van der Waals surface area contributed by atoms with Gasteiger partial charge in [-0.15, -0.1) is 0 Å². The molecule has 1 N–H and O–H groups in total. The number of hydrogen-bond acceptors (Lipinski definition) is 2. The van der Waals surface area contributed by atoms with Gasteiger partial charge in [0.05, 0.1) is 6.61 Å². The normalized spacial score (nSPS) is 33.6. The van der Waals surface area contributed by atoms with E-state index in [9.17, 15) is 14.3 Å². The third kappa shape index (κ3) is 2.62. The van der Waals surface area contributed by atoms with Gasteiger partial charge >= 0.3 is 0 Å². The molecule has 0 unspecified atom stereocenters. The second-order valence-corrected chi connectivity index (χ2v) is 8.15. The molecule has 124 valence electrons. The predicted octanol–water partition coefficient (Wildman–Crippen LogP) is 3.20. The summed E-state index contributed by atoms with van der Waals surface area (Å²) in [6, 6.07) is 4.78. The molecule has 4 atom stereocenters. The Morgan fingerprint density at radius 3 is 2.65 bits per heavy atom. The predicted molar refractivity (Wildman–Crippen MR) is 87.9 cm³/mol. The van der Waals surface area contributed by atoms with E-state index in [2.05, 4.69) is 15.9 Å². The Bertz CT molecular complexity index is 621. The number of hydrogen-bond donors (Lipinski definition) is 1. The van der Waals surface area contributed by atoms with E-state index in [1.165, 1.54) is 25.3 Å². The van der Waals surface area contributed by atoms with Crippen molar-refractivity contribution in [2.45, 2.75) is 25.8 Å². The summed E-state index contributed by atoms with van der Waals surface area (Å²) >= 11 is 3.35. The highest BCUT2D eigenvalue weighted by atomic mass is 79.9. The minimum Gasteiger partial charge on any atom is -0.395 e. The Morgan fingerprint density at radius 1 is 1.30 bits per heavy atom. The molecule has 0 aromatic heterocycles. The Balaban J connectivity index is 1.50. The van der Waals surface area contributed by atoms with E-state index in [0.717, 1.165) is 16.3 Å². The van der Waals surface area contributed by atoms with Crippen molar-refractivity contribution in [3.05, 3.63) is 34.1 Å². The number of halogens is 2. The van der Waals surface area contributed by atoms with Gasteiger partial charge in [-0.25, -0.2) is 4.39 Å². The average molecular weight is 382 g/mol. The lowest BCUT2D eigenvalue weighted by Crippen LogP contribution is -2.36. The van der Waals surface area contributed by atoms with E-state index >= 15 is 0 Å². The van der Waals surface area contributed by atoms with Crippen LogP contribution in [0.1, 0.15) is 24.8 Å². The molecule has 3 aliphatic rings. The van der Waals surface area contributed by atoms with Crippen molar-refractivity contribution < 1.29 is 14.3 Å². The van der Waals surface area contributed by atoms with Gasteiger partial charge in [-0.1, -0.05) is 15.9 Å². The van der Waals surface area contributed by atoms with Gasteiger partial charge in [0.1, 0.15) is 5.82 Å². The minimum absolute atomic E-state index is 0.0870. The number of aliphatic hydroxyl groups is 1. The van der Waals surface area contributed by atoms with Crippen LogP contribution in [0.25, 0.3) is 0 Å². The standard InChI is InChI=1S/C18H21BrFNO2/c19-13-3-4-14(20)12(8-13)9-21(5-6-22)18(23)17-15-10-1-2-11(7-10)16(15)17/h3-4,8,10-11,15-17,22H,1-2,5-7,9H2/t10-,11-,15-,16-/m0/s1. The van der Waals surface area contributed by atoms with E-state index in [4.69, 9.17) is 0 Å². The van der Waals surface area contributed by atoms with E-state index in [0.29, 0.717) is 17.4 Å². The molecule has 5 heteroatoms. The summed E-state index contributed by atoms with van der Waals surface area (Å²) in [4.78, 5) is 14.6. The Hall–Kier alpha value is -0.940. The van der Waals surface area contributed by atoms with Crippen LogP contribution in [0.3, 0.4) is 0 Å². The van der Waals surface area contributed by atoms with Gasteiger partial charge in [0, 0.05) is 29.0 Å². The van der Waals surface area contributed by atoms with Gasteiger partial charge in [-0.2, -0.15) is 0 Å². The fourth-order valence-corrected chi connectivity index (χ4v) is 5.53. The summed E-state index contributed by atoms with van der Waals surface area (Å²) in [6.07, 6.45) is 3.85. The van der Waals surface area contributed by atoms with Crippen LogP contribution in [0.4, 0.5) is 4.39 Å². The highest BCUT2D eigenvalue weighted by Crippen LogP contribution is 2.69. The molecule has 3 fully saturated rings. The zero-order valence-electron chi connectivity index (χ0n) is 12.9. The maximum atomic E-state index is 14.0. The minimum atomic E-state index is -0.306. The lowest BCUT2D eigenvalue weighted by molar-refractivity contribution is -0.134. The van der Waals surface area contributed by atoms with Crippen molar-refractivity contribution in [3.63, 3.8) is 0 Å². The molecule has 4 rings (SSSR count). The zero-order valence-corrected chi connectivity index (χ0v) is 14.5. The Morgan fingerprint density at radius 2 is 2.00 bits per heavy atom. The highest BCUT2D eigenvalue weighted by molar-refractivity contribution is 9.10. The molecule has 0 heterocycles. The Labute approximate surface area is 144 Å². The lowest BCUT2D eigenvalue weighted by Gasteiger charge is -2.24. The molecule has 3 aliphatic carbocycles. The topological polar surface area (TPSA) is 40.5 Å². The first-order valence-corrected chi connectivity index (χ1v) is 9.23. The van der Waals surface area contributed by atoms with E-state index in [1.807, 2.05) is 0 Å². The molecule has 0 radical (unpaired) electrons. The molecule has 3 nitrogen and oxygen atoms in total. The number of amides is 1. The second-order valence-electron chi connectivity index (χ2n) is 7.23. The highest BCUT2D eigenvalue weighted by Gasteiger charge is 2.67. The summed E-state index contributed by atoms with van der Waals surface area (Å²) in [5, 5.41) is 9.31. The first-order valence-electron chi connectivity index (χ1n) is 8.43. The lowest BCUT2D eigenvalue weighted by atomic mass is 10.0. The van der Waals surface area contributed by atoms with Crippen LogP contribution in [0.5, 0.6) is 0 Å². The number of nitrogens with zero attached hydrogens (tertiary/aromatic N) is 1. The van der Waals surface area contributed by atoms with Crippen molar-refractivity contribution in [1.82, 2.24) is 4.90 Å². The summed E-state index contributed by atoms with van der Waals surface area (Å²) in [5.74, 6) is 2.53. The van der Waals surface area contributed by atoms with Gasteiger partial charge in [0.15, 0.2) is 0 Å². The summed E-state index contributed by atoms with van der Waals surface area (Å²) in [5.41, 5.74) is 0.495. The second kappa shape index (κ2) is 5.85. The molecule has 1 aromatic rings. The van der Waals surface area contributed by atoms with Crippen molar-refractivity contribution in [2.24, 2.45) is 29.6 Å².